The zero-order chi connectivity index (χ0) is 16.4. The van der Waals surface area contributed by atoms with Crippen molar-refractivity contribution in [3.8, 4) is 0 Å². The molecule has 2 heterocycles. The fourth-order valence-electron chi connectivity index (χ4n) is 5.22. The van der Waals surface area contributed by atoms with Crippen LogP contribution in [-0.4, -0.2) is 36.8 Å². The molecule has 1 aromatic rings. The first-order valence-electron chi connectivity index (χ1n) is 9.91. The topological polar surface area (TPSA) is 9.23 Å². The summed E-state index contributed by atoms with van der Waals surface area (Å²) in [5.41, 5.74) is 3.08. The zero-order valence-electron chi connectivity index (χ0n) is 15.1. The number of rotatable bonds is 4. The van der Waals surface area contributed by atoms with E-state index >= 15 is 0 Å². The number of hydrogen-bond acceptors (Lipinski definition) is 1. The van der Waals surface area contributed by atoms with E-state index in [9.17, 15) is 0 Å². The molecule has 4 rings (SSSR count). The maximum absolute atomic E-state index is 6.42. The second-order valence-corrected chi connectivity index (χ2v) is 8.44. The van der Waals surface area contributed by atoms with Gasteiger partial charge in [0.15, 0.2) is 0 Å². The van der Waals surface area contributed by atoms with Crippen LogP contribution < -0.4 is 0 Å². The molecule has 3 atom stereocenters. The van der Waals surface area contributed by atoms with Crippen LogP contribution in [0.5, 0.6) is 0 Å². The number of likely N-dealkylation sites (tertiary alicyclic amines) is 1. The fraction of sp³-hybridized carbons (Fsp3) is 0.636. The van der Waals surface area contributed by atoms with Gasteiger partial charge in [-0.1, -0.05) is 42.0 Å². The Balaban J connectivity index is 1.53. The molecule has 1 unspecified atom stereocenters. The SMILES string of the molecule is CC1=CC[C@H]2COC(C[N+]3(Cc4ccccc4)CCCCC3)[C@@H]1C2. The molecule has 0 aromatic heterocycles. The monoisotopic (exact) mass is 326 g/mol. The van der Waals surface area contributed by atoms with E-state index in [1.165, 1.54) is 68.3 Å². The number of ether oxygens (including phenoxy) is 1. The highest BCUT2D eigenvalue weighted by Crippen LogP contribution is 2.38. The van der Waals surface area contributed by atoms with Gasteiger partial charge in [-0.05, 0) is 44.9 Å². The molecular weight excluding hydrogens is 294 g/mol. The highest BCUT2D eigenvalue weighted by atomic mass is 16.5. The van der Waals surface area contributed by atoms with Crippen molar-refractivity contribution < 1.29 is 9.22 Å². The molecule has 3 aliphatic rings. The number of nitrogens with zero attached hydrogens (tertiary/aromatic N) is 1. The molecule has 0 radical (unpaired) electrons. The molecule has 2 saturated heterocycles. The van der Waals surface area contributed by atoms with Gasteiger partial charge >= 0.3 is 0 Å². The molecule has 130 valence electrons. The van der Waals surface area contributed by atoms with Crippen LogP contribution in [0.15, 0.2) is 42.0 Å². The minimum atomic E-state index is 0.430. The van der Waals surface area contributed by atoms with Crippen molar-refractivity contribution in [1.82, 2.24) is 0 Å². The van der Waals surface area contributed by atoms with Crippen molar-refractivity contribution in [2.75, 3.05) is 26.2 Å². The van der Waals surface area contributed by atoms with Gasteiger partial charge in [-0.25, -0.2) is 0 Å². The third-order valence-corrected chi connectivity index (χ3v) is 6.63. The summed E-state index contributed by atoms with van der Waals surface area (Å²) < 4.78 is 7.66. The highest BCUT2D eigenvalue weighted by molar-refractivity contribution is 5.14. The van der Waals surface area contributed by atoms with Crippen molar-refractivity contribution in [3.63, 3.8) is 0 Å². The summed E-state index contributed by atoms with van der Waals surface area (Å²) in [6.45, 7) is 8.36. The largest absolute Gasteiger partial charge is 0.371 e. The molecular formula is C22H32NO+. The first-order valence-corrected chi connectivity index (χ1v) is 9.91. The van der Waals surface area contributed by atoms with Crippen molar-refractivity contribution in [1.29, 1.82) is 0 Å². The van der Waals surface area contributed by atoms with E-state index in [2.05, 4.69) is 43.3 Å². The Morgan fingerprint density at radius 3 is 2.67 bits per heavy atom. The number of fused-ring (bicyclic) bond motifs is 2. The molecule has 0 saturated carbocycles. The second kappa shape index (κ2) is 7.01. The summed E-state index contributed by atoms with van der Waals surface area (Å²) >= 11 is 0. The van der Waals surface area contributed by atoms with E-state index in [4.69, 9.17) is 4.74 Å². The van der Waals surface area contributed by atoms with Crippen molar-refractivity contribution in [3.05, 3.63) is 47.5 Å². The average Bonchev–Trinajstić information content (AvgIpc) is 2.62. The molecule has 1 aliphatic carbocycles. The summed E-state index contributed by atoms with van der Waals surface area (Å²) in [5, 5.41) is 0. The van der Waals surface area contributed by atoms with Gasteiger partial charge in [0.05, 0.1) is 19.7 Å². The van der Waals surface area contributed by atoms with Crippen molar-refractivity contribution in [2.45, 2.75) is 51.7 Å². The highest BCUT2D eigenvalue weighted by Gasteiger charge is 2.41. The first-order chi connectivity index (χ1) is 11.7. The maximum Gasteiger partial charge on any atom is 0.113 e. The van der Waals surface area contributed by atoms with Crippen LogP contribution in [0.3, 0.4) is 0 Å². The lowest BCUT2D eigenvalue weighted by Crippen LogP contribution is -2.57. The molecule has 0 N–H and O–H groups in total. The summed E-state index contributed by atoms with van der Waals surface area (Å²) in [6.07, 6.45) is 9.68. The Kier molecular flexibility index (Phi) is 4.78. The lowest BCUT2D eigenvalue weighted by Gasteiger charge is -2.47. The molecule has 1 aromatic carbocycles. The molecule has 2 heteroatoms. The molecule has 2 aliphatic heterocycles. The van der Waals surface area contributed by atoms with Crippen LogP contribution in [0.25, 0.3) is 0 Å². The summed E-state index contributed by atoms with van der Waals surface area (Å²) in [6, 6.07) is 11.1. The molecule has 2 nitrogen and oxygen atoms in total. The minimum absolute atomic E-state index is 0.430. The molecule has 0 amide bonds. The maximum atomic E-state index is 6.42. The number of hydrogen-bond donors (Lipinski definition) is 0. The normalized spacial score (nSPS) is 32.2. The van der Waals surface area contributed by atoms with E-state index in [0.717, 1.165) is 12.5 Å². The van der Waals surface area contributed by atoms with Gasteiger partial charge in [0.1, 0.15) is 19.2 Å². The number of piperidine rings is 1. The Morgan fingerprint density at radius 2 is 1.88 bits per heavy atom. The van der Waals surface area contributed by atoms with Gasteiger partial charge in [-0.15, -0.1) is 0 Å². The summed E-state index contributed by atoms with van der Waals surface area (Å²) in [7, 11) is 0. The third-order valence-electron chi connectivity index (χ3n) is 6.63. The van der Waals surface area contributed by atoms with Crippen LogP contribution in [0.1, 0.15) is 44.6 Å². The van der Waals surface area contributed by atoms with E-state index < -0.39 is 0 Å². The van der Waals surface area contributed by atoms with Crippen LogP contribution in [-0.2, 0) is 11.3 Å². The van der Waals surface area contributed by atoms with E-state index in [1.807, 2.05) is 0 Å². The third kappa shape index (κ3) is 3.45. The smallest absolute Gasteiger partial charge is 0.113 e. The van der Waals surface area contributed by atoms with Gasteiger partial charge in [0.2, 0.25) is 0 Å². The number of benzene rings is 1. The number of quaternary nitrogens is 1. The van der Waals surface area contributed by atoms with Crippen LogP contribution in [0.4, 0.5) is 0 Å². The minimum Gasteiger partial charge on any atom is -0.371 e. The Labute approximate surface area is 147 Å². The first kappa shape index (κ1) is 16.4. The van der Waals surface area contributed by atoms with Crippen molar-refractivity contribution in [2.24, 2.45) is 11.8 Å². The van der Waals surface area contributed by atoms with Gasteiger partial charge in [-0.2, -0.15) is 0 Å². The quantitative estimate of drug-likeness (QED) is 0.582. The average molecular weight is 327 g/mol. The predicted molar refractivity (Wildman–Crippen MR) is 98.6 cm³/mol. The molecule has 0 spiro atoms. The van der Waals surface area contributed by atoms with E-state index in [-0.39, 0.29) is 0 Å². The molecule has 2 fully saturated rings. The Morgan fingerprint density at radius 1 is 1.08 bits per heavy atom. The standard InChI is InChI=1S/C22H32NO/c1-18-10-11-20-14-21(18)22(24-17-20)16-23(12-6-3-7-13-23)15-19-8-4-2-5-9-19/h2,4-5,8-10,20-22H,3,6-7,11-17H2,1H3/q+1/t20-,21-,22?/m1/s1. The van der Waals surface area contributed by atoms with Gasteiger partial charge in [0, 0.05) is 11.5 Å². The van der Waals surface area contributed by atoms with Gasteiger partial charge < -0.3 is 9.22 Å². The summed E-state index contributed by atoms with van der Waals surface area (Å²) in [4.78, 5) is 0. The lowest BCUT2D eigenvalue weighted by molar-refractivity contribution is -0.948. The second-order valence-electron chi connectivity index (χ2n) is 8.44. The van der Waals surface area contributed by atoms with E-state index in [1.54, 1.807) is 5.57 Å². The van der Waals surface area contributed by atoms with Gasteiger partial charge in [-0.3, -0.25) is 0 Å². The van der Waals surface area contributed by atoms with Gasteiger partial charge in [0.25, 0.3) is 0 Å². The van der Waals surface area contributed by atoms with Crippen LogP contribution in [0.2, 0.25) is 0 Å². The Bertz CT molecular complexity index is 573. The van der Waals surface area contributed by atoms with Crippen LogP contribution in [0, 0.1) is 11.8 Å². The molecule has 24 heavy (non-hydrogen) atoms. The fourth-order valence-corrected chi connectivity index (χ4v) is 5.22. The predicted octanol–water partition coefficient (Wildman–Crippen LogP) is 4.56. The zero-order valence-corrected chi connectivity index (χ0v) is 15.1. The van der Waals surface area contributed by atoms with Crippen molar-refractivity contribution >= 4 is 0 Å². The number of allylic oxidation sites excluding steroid dienone is 1. The Hall–Kier alpha value is -1.12. The lowest BCUT2D eigenvalue weighted by atomic mass is 9.76. The summed E-state index contributed by atoms with van der Waals surface area (Å²) in [5.74, 6) is 1.45. The molecule has 2 bridgehead atoms. The van der Waals surface area contributed by atoms with Crippen LogP contribution >= 0.6 is 0 Å². The van der Waals surface area contributed by atoms with E-state index in [0.29, 0.717) is 12.0 Å².